The molecule has 0 spiro atoms. The molecule has 1 saturated carbocycles. The van der Waals surface area contributed by atoms with Crippen molar-refractivity contribution in [2.75, 3.05) is 20.2 Å². The zero-order chi connectivity index (χ0) is 21.0. The van der Waals surface area contributed by atoms with Crippen LogP contribution >= 0.6 is 0 Å². The topological polar surface area (TPSA) is 82.4 Å². The van der Waals surface area contributed by atoms with Crippen molar-refractivity contribution in [1.82, 2.24) is 10.2 Å². The van der Waals surface area contributed by atoms with E-state index in [-0.39, 0.29) is 29.6 Å². The third kappa shape index (κ3) is 4.07. The number of hydrogen-bond acceptors (Lipinski definition) is 4. The summed E-state index contributed by atoms with van der Waals surface area (Å²) in [5.74, 6) is -0.529. The number of halogens is 1. The highest BCUT2D eigenvalue weighted by atomic mass is 19.1. The number of amides is 2. The Morgan fingerprint density at radius 3 is 2.59 bits per heavy atom. The molecule has 1 saturated heterocycles. The van der Waals surface area contributed by atoms with Crippen LogP contribution in [0, 0.1) is 29.0 Å². The highest BCUT2D eigenvalue weighted by Crippen LogP contribution is 2.50. The van der Waals surface area contributed by atoms with E-state index >= 15 is 0 Å². The van der Waals surface area contributed by atoms with Gasteiger partial charge in [0, 0.05) is 32.0 Å². The summed E-state index contributed by atoms with van der Waals surface area (Å²) in [6.45, 7) is 2.72. The Morgan fingerprint density at radius 1 is 1.28 bits per heavy atom. The summed E-state index contributed by atoms with van der Waals surface area (Å²) in [7, 11) is 1.32. The number of ether oxygens (including phenoxy) is 1. The Bertz CT molecular complexity index is 801. The van der Waals surface area contributed by atoms with Crippen molar-refractivity contribution in [2.45, 2.75) is 50.5 Å². The molecule has 156 valence electrons. The minimum absolute atomic E-state index is 0.0304. The average molecular weight is 401 g/mol. The van der Waals surface area contributed by atoms with E-state index in [1.165, 1.54) is 19.2 Å². The van der Waals surface area contributed by atoms with Gasteiger partial charge >= 0.3 is 6.09 Å². The lowest BCUT2D eigenvalue weighted by Crippen LogP contribution is -2.52. The summed E-state index contributed by atoms with van der Waals surface area (Å²) < 4.78 is 18.9. The summed E-state index contributed by atoms with van der Waals surface area (Å²) in [5, 5.41) is 13.4. The zero-order valence-corrected chi connectivity index (χ0v) is 17.0. The molecular formula is C22H28FN3O3. The lowest BCUT2D eigenvalue weighted by atomic mass is 9.59. The number of nitrogens with one attached hydrogen (secondary N) is 1. The zero-order valence-electron chi connectivity index (χ0n) is 17.0. The minimum atomic E-state index is -0.937. The van der Waals surface area contributed by atoms with Gasteiger partial charge in [0.1, 0.15) is 5.82 Å². The number of nitriles is 1. The van der Waals surface area contributed by atoms with Crippen LogP contribution in [0.4, 0.5) is 9.18 Å². The van der Waals surface area contributed by atoms with Crippen molar-refractivity contribution in [3.63, 3.8) is 0 Å². The molecule has 0 radical (unpaired) electrons. The summed E-state index contributed by atoms with van der Waals surface area (Å²) in [4.78, 5) is 25.4. The number of piperidine rings is 1. The maximum Gasteiger partial charge on any atom is 0.407 e. The van der Waals surface area contributed by atoms with Crippen LogP contribution in [0.3, 0.4) is 0 Å². The number of rotatable bonds is 4. The van der Waals surface area contributed by atoms with Crippen LogP contribution in [-0.2, 0) is 14.9 Å². The normalized spacial score (nSPS) is 24.4. The molecule has 2 aliphatic rings. The Labute approximate surface area is 171 Å². The maximum atomic E-state index is 14.2. The van der Waals surface area contributed by atoms with Crippen LogP contribution in [0.5, 0.6) is 0 Å². The fourth-order valence-electron chi connectivity index (χ4n) is 5.27. The first-order valence-electron chi connectivity index (χ1n) is 10.2. The van der Waals surface area contributed by atoms with E-state index in [0.29, 0.717) is 31.5 Å². The molecule has 3 atom stereocenters. The molecule has 1 aromatic carbocycles. The number of carbonyl (C=O) groups excluding carboxylic acids is 2. The van der Waals surface area contributed by atoms with Gasteiger partial charge in [-0.25, -0.2) is 9.18 Å². The number of hydrogen-bond donors (Lipinski definition) is 1. The van der Waals surface area contributed by atoms with Gasteiger partial charge in [0.2, 0.25) is 5.91 Å². The van der Waals surface area contributed by atoms with E-state index in [0.717, 1.165) is 19.3 Å². The number of likely N-dealkylation sites (tertiary alicyclic amines) is 1. The van der Waals surface area contributed by atoms with Crippen LogP contribution in [0.2, 0.25) is 0 Å². The molecule has 7 heteroatoms. The Morgan fingerprint density at radius 2 is 2.00 bits per heavy atom. The third-order valence-electron chi connectivity index (χ3n) is 6.66. The van der Waals surface area contributed by atoms with E-state index in [9.17, 15) is 19.2 Å². The van der Waals surface area contributed by atoms with Crippen molar-refractivity contribution >= 4 is 12.0 Å². The molecule has 0 bridgehead atoms. The number of carbonyl (C=O) groups is 2. The Balaban J connectivity index is 2.01. The van der Waals surface area contributed by atoms with Gasteiger partial charge in [-0.3, -0.25) is 4.79 Å². The van der Waals surface area contributed by atoms with Crippen LogP contribution in [-0.4, -0.2) is 43.1 Å². The summed E-state index contributed by atoms with van der Waals surface area (Å²) >= 11 is 0. The first-order chi connectivity index (χ1) is 13.9. The molecule has 0 aromatic heterocycles. The number of alkyl carbamates (subject to hydrolysis) is 1. The first-order valence-corrected chi connectivity index (χ1v) is 10.2. The average Bonchev–Trinajstić information content (AvgIpc) is 3.18. The third-order valence-corrected chi connectivity index (χ3v) is 6.66. The van der Waals surface area contributed by atoms with Gasteiger partial charge in [0.15, 0.2) is 0 Å². The Kier molecular flexibility index (Phi) is 6.41. The molecule has 6 nitrogen and oxygen atoms in total. The fourth-order valence-corrected chi connectivity index (χ4v) is 5.27. The second-order valence-electron chi connectivity index (χ2n) is 8.05. The van der Waals surface area contributed by atoms with Crippen molar-refractivity contribution in [2.24, 2.45) is 11.8 Å². The van der Waals surface area contributed by atoms with Crippen LogP contribution in [0.1, 0.15) is 44.6 Å². The summed E-state index contributed by atoms with van der Waals surface area (Å²) in [6, 6.07) is 8.65. The van der Waals surface area contributed by atoms with E-state index in [2.05, 4.69) is 11.4 Å². The predicted molar refractivity (Wildman–Crippen MR) is 105 cm³/mol. The summed E-state index contributed by atoms with van der Waals surface area (Å²) in [6.07, 6.45) is 3.23. The first kappa shape index (κ1) is 21.1. The Hall–Kier alpha value is -2.62. The van der Waals surface area contributed by atoms with Crippen LogP contribution in [0.25, 0.3) is 0 Å². The van der Waals surface area contributed by atoms with Gasteiger partial charge in [-0.2, -0.15) is 5.26 Å². The molecule has 1 heterocycles. The highest BCUT2D eigenvalue weighted by molar-refractivity contribution is 5.73. The molecule has 1 aliphatic heterocycles. The van der Waals surface area contributed by atoms with Gasteiger partial charge in [0.25, 0.3) is 0 Å². The van der Waals surface area contributed by atoms with E-state index in [4.69, 9.17) is 4.74 Å². The maximum absolute atomic E-state index is 14.2. The van der Waals surface area contributed by atoms with E-state index in [1.807, 2.05) is 6.07 Å². The second-order valence-corrected chi connectivity index (χ2v) is 8.05. The van der Waals surface area contributed by atoms with Gasteiger partial charge in [0.05, 0.1) is 18.6 Å². The molecule has 2 amide bonds. The standard InChI is InChI=1S/C22H28FN3O3/c1-15(27)26-11-9-16(10-12-26)22(14-24,17-5-3-6-18(23)13-17)19-7-4-8-20(19)25-21(28)29-2/h3,5-6,13,16,19-20H,4,7-12H2,1-2H3,(H,25,28)/t19-,20-,22-/m0/s1. The molecule has 29 heavy (non-hydrogen) atoms. The number of benzene rings is 1. The highest BCUT2D eigenvalue weighted by Gasteiger charge is 2.52. The largest absolute Gasteiger partial charge is 0.453 e. The fraction of sp³-hybridized carbons (Fsp3) is 0.591. The lowest BCUT2D eigenvalue weighted by molar-refractivity contribution is -0.130. The molecule has 2 fully saturated rings. The van der Waals surface area contributed by atoms with Gasteiger partial charge in [-0.15, -0.1) is 0 Å². The smallest absolute Gasteiger partial charge is 0.407 e. The van der Waals surface area contributed by atoms with Gasteiger partial charge in [-0.05, 0) is 49.3 Å². The molecule has 1 aromatic rings. The van der Waals surface area contributed by atoms with Crippen molar-refractivity contribution in [3.05, 3.63) is 35.6 Å². The van der Waals surface area contributed by atoms with Crippen molar-refractivity contribution in [3.8, 4) is 6.07 Å². The molecule has 0 unspecified atom stereocenters. The molecule has 1 aliphatic carbocycles. The number of nitrogens with zero attached hydrogens (tertiary/aromatic N) is 2. The molecular weight excluding hydrogens is 373 g/mol. The van der Waals surface area contributed by atoms with E-state index < -0.39 is 11.5 Å². The summed E-state index contributed by atoms with van der Waals surface area (Å²) in [5.41, 5.74) is -0.280. The second kappa shape index (κ2) is 8.81. The van der Waals surface area contributed by atoms with E-state index in [1.54, 1.807) is 17.9 Å². The number of methoxy groups -OCH3 is 1. The van der Waals surface area contributed by atoms with Crippen molar-refractivity contribution in [1.29, 1.82) is 5.26 Å². The quantitative estimate of drug-likeness (QED) is 0.839. The monoisotopic (exact) mass is 401 g/mol. The lowest BCUT2D eigenvalue weighted by Gasteiger charge is -2.46. The predicted octanol–water partition coefficient (Wildman–Crippen LogP) is 3.37. The van der Waals surface area contributed by atoms with Crippen molar-refractivity contribution < 1.29 is 18.7 Å². The SMILES string of the molecule is COC(=O)N[C@H]1CCC[C@@H]1[C@](C#N)(c1cccc(F)c1)C1CCN(C(C)=O)CC1. The van der Waals surface area contributed by atoms with Crippen LogP contribution in [0.15, 0.2) is 24.3 Å². The molecule has 1 N–H and O–H groups in total. The van der Waals surface area contributed by atoms with Gasteiger partial charge in [-0.1, -0.05) is 18.6 Å². The van der Waals surface area contributed by atoms with Gasteiger partial charge < -0.3 is 15.0 Å². The minimum Gasteiger partial charge on any atom is -0.453 e. The van der Waals surface area contributed by atoms with Crippen LogP contribution < -0.4 is 5.32 Å². The molecule has 3 rings (SSSR count).